The number of ether oxygens (including phenoxy) is 1. The molecular formula is C21H19NO7S2. The summed E-state index contributed by atoms with van der Waals surface area (Å²) in [5.74, 6) is -0.278. The molecule has 0 saturated carbocycles. The van der Waals surface area contributed by atoms with Gasteiger partial charge >= 0.3 is 5.69 Å². The summed E-state index contributed by atoms with van der Waals surface area (Å²) in [4.78, 5) is 10.9. The van der Waals surface area contributed by atoms with Gasteiger partial charge in [-0.05, 0) is 29.8 Å². The first kappa shape index (κ1) is 21.3. The number of hydrogen-bond acceptors (Lipinski definition) is 6. The van der Waals surface area contributed by atoms with Crippen LogP contribution in [0.3, 0.4) is 0 Å². The molecule has 0 spiro atoms. The van der Waals surface area contributed by atoms with Gasteiger partial charge in [0.15, 0.2) is 9.84 Å². The zero-order valence-corrected chi connectivity index (χ0v) is 17.8. The quantitative estimate of drug-likeness (QED) is 0.522. The van der Waals surface area contributed by atoms with Crippen LogP contribution < -0.4 is 4.74 Å². The Labute approximate surface area is 180 Å². The molecule has 0 fully saturated rings. The average molecular weight is 462 g/mol. The maximum Gasteiger partial charge on any atom is 0.316 e. The van der Waals surface area contributed by atoms with E-state index in [1.165, 1.54) is 36.4 Å². The number of nitrogens with zero attached hydrogens (tertiary/aromatic N) is 1. The van der Waals surface area contributed by atoms with Crippen LogP contribution in [0.5, 0.6) is 5.75 Å². The van der Waals surface area contributed by atoms with Crippen LogP contribution >= 0.6 is 10.6 Å². The van der Waals surface area contributed by atoms with Crippen molar-refractivity contribution < 1.29 is 32.4 Å². The van der Waals surface area contributed by atoms with Gasteiger partial charge < -0.3 is 24.4 Å². The Hall–Kier alpha value is -2.92. The van der Waals surface area contributed by atoms with Crippen LogP contribution in [0.25, 0.3) is 0 Å². The van der Waals surface area contributed by atoms with E-state index in [2.05, 4.69) is 0 Å². The van der Waals surface area contributed by atoms with Crippen molar-refractivity contribution in [3.05, 3.63) is 88.8 Å². The van der Waals surface area contributed by atoms with E-state index in [0.29, 0.717) is 5.56 Å². The molecule has 1 aliphatic heterocycles. The molecule has 1 heterocycles. The lowest BCUT2D eigenvalue weighted by atomic mass is 10.1. The summed E-state index contributed by atoms with van der Waals surface area (Å²) in [6.45, 7) is -0.0388. The largest absolute Gasteiger partial charge is 0.764 e. The van der Waals surface area contributed by atoms with Crippen LogP contribution in [0.1, 0.15) is 16.4 Å². The van der Waals surface area contributed by atoms with E-state index in [4.69, 9.17) is 9.94 Å². The molecule has 3 aromatic carbocycles. The minimum Gasteiger partial charge on any atom is -0.764 e. The van der Waals surface area contributed by atoms with Gasteiger partial charge in [0.2, 0.25) is 0 Å². The molecule has 0 amide bonds. The second-order valence-electron chi connectivity index (χ2n) is 7.05. The van der Waals surface area contributed by atoms with Crippen molar-refractivity contribution in [1.82, 2.24) is 0 Å². The second kappa shape index (κ2) is 7.97. The molecule has 31 heavy (non-hydrogen) atoms. The zero-order valence-electron chi connectivity index (χ0n) is 16.1. The van der Waals surface area contributed by atoms with Crippen molar-refractivity contribution in [2.75, 3.05) is 5.75 Å². The van der Waals surface area contributed by atoms with Crippen molar-refractivity contribution in [2.24, 2.45) is 0 Å². The summed E-state index contributed by atoms with van der Waals surface area (Å²) >= 11 is 0. The molecular weight excluding hydrogens is 442 g/mol. The highest BCUT2D eigenvalue weighted by Crippen LogP contribution is 2.63. The molecule has 0 radical (unpaired) electrons. The fraction of sp³-hybridized carbons (Fsp3) is 0.143. The molecule has 3 aromatic rings. The van der Waals surface area contributed by atoms with E-state index in [1.807, 2.05) is 0 Å². The van der Waals surface area contributed by atoms with Crippen molar-refractivity contribution in [1.29, 1.82) is 0 Å². The van der Waals surface area contributed by atoms with Crippen molar-refractivity contribution in [3.63, 3.8) is 0 Å². The molecule has 8 nitrogen and oxygen atoms in total. The zero-order chi connectivity index (χ0) is 22.2. The van der Waals surface area contributed by atoms with Crippen molar-refractivity contribution >= 4 is 26.1 Å². The standard InChI is InChI=1S/C21H19NO7S2/c23-22(24)16-7-4-6-15(12-16)13-29-18-10-5-11-19-21(18)20(14-30(19,25)26)31(27,28)17-8-2-1-3-9-17/h1-12,20H,13-14H2,(H2-,23,24,25,26). The van der Waals surface area contributed by atoms with Gasteiger partial charge in [-0.15, -0.1) is 0 Å². The highest BCUT2D eigenvalue weighted by molar-refractivity contribution is 8.25. The van der Waals surface area contributed by atoms with Gasteiger partial charge in [-0.2, -0.15) is 0 Å². The van der Waals surface area contributed by atoms with Crippen LogP contribution in [0.4, 0.5) is 5.69 Å². The topological polar surface area (TPSA) is 127 Å². The summed E-state index contributed by atoms with van der Waals surface area (Å²) < 4.78 is 55.6. The lowest BCUT2D eigenvalue weighted by Gasteiger charge is -2.42. The van der Waals surface area contributed by atoms with E-state index in [-0.39, 0.29) is 38.3 Å². The van der Waals surface area contributed by atoms with E-state index in [0.717, 1.165) is 0 Å². The van der Waals surface area contributed by atoms with Gasteiger partial charge in [0.25, 0.3) is 4.92 Å². The third-order valence-electron chi connectivity index (χ3n) is 5.04. The van der Waals surface area contributed by atoms with Crippen LogP contribution in [-0.2, 0) is 16.4 Å². The summed E-state index contributed by atoms with van der Waals surface area (Å²) in [7, 11) is -7.51. The number of sulfone groups is 1. The van der Waals surface area contributed by atoms with E-state index in [1.54, 1.807) is 36.4 Å². The van der Waals surface area contributed by atoms with Crippen LogP contribution in [0.2, 0.25) is 0 Å². The average Bonchev–Trinajstić information content (AvgIpc) is 3.05. The Morgan fingerprint density at radius 2 is 1.77 bits per heavy atom. The molecule has 2 atom stereocenters. The van der Waals surface area contributed by atoms with Gasteiger partial charge in [-0.1, -0.05) is 36.4 Å². The molecule has 0 bridgehead atoms. The maximum atomic E-state index is 13.3. The third-order valence-corrected chi connectivity index (χ3v) is 9.16. The Kier molecular flexibility index (Phi) is 5.48. The van der Waals surface area contributed by atoms with Gasteiger partial charge in [0.05, 0.1) is 9.80 Å². The smallest absolute Gasteiger partial charge is 0.316 e. The minimum absolute atomic E-state index is 0.0160. The molecule has 2 unspecified atom stereocenters. The number of benzene rings is 3. The molecule has 0 aliphatic carbocycles. The third kappa shape index (κ3) is 4.02. The highest BCUT2D eigenvalue weighted by atomic mass is 32.3. The maximum absolute atomic E-state index is 13.3. The molecule has 10 heteroatoms. The molecule has 0 saturated heterocycles. The first-order valence-electron chi connectivity index (χ1n) is 9.24. The molecule has 162 valence electrons. The van der Waals surface area contributed by atoms with Crippen molar-refractivity contribution in [2.45, 2.75) is 21.6 Å². The highest BCUT2D eigenvalue weighted by Gasteiger charge is 2.41. The van der Waals surface area contributed by atoms with Crippen LogP contribution in [0, 0.1) is 4.91 Å². The fourth-order valence-electron chi connectivity index (χ4n) is 3.57. The first-order valence-corrected chi connectivity index (χ1v) is 12.5. The fourth-order valence-corrected chi connectivity index (χ4v) is 7.97. The predicted molar refractivity (Wildman–Crippen MR) is 113 cm³/mol. The summed E-state index contributed by atoms with van der Waals surface area (Å²) in [5, 5.41) is 7.82. The summed E-state index contributed by atoms with van der Waals surface area (Å²) in [6, 6.07) is 18.4. The minimum atomic E-state index is -3.95. The van der Waals surface area contributed by atoms with Crippen LogP contribution in [0.15, 0.2) is 82.6 Å². The number of hydrogen-bond donors (Lipinski definition) is 2. The second-order valence-corrected chi connectivity index (χ2v) is 11.2. The lowest BCUT2D eigenvalue weighted by molar-refractivity contribution is -0.729. The Morgan fingerprint density at radius 3 is 2.48 bits per heavy atom. The van der Waals surface area contributed by atoms with E-state index >= 15 is 0 Å². The molecule has 0 aromatic heterocycles. The summed E-state index contributed by atoms with van der Waals surface area (Å²) in [5.41, 5.74) is 0.736. The van der Waals surface area contributed by atoms with Crippen LogP contribution in [-0.4, -0.2) is 33.4 Å². The van der Waals surface area contributed by atoms with Crippen molar-refractivity contribution in [3.8, 4) is 5.75 Å². The number of rotatable bonds is 6. The number of fused-ring (bicyclic) bond motifs is 1. The Balaban J connectivity index is 1.72. The van der Waals surface area contributed by atoms with Gasteiger partial charge in [-0.25, -0.2) is 13.6 Å². The summed E-state index contributed by atoms with van der Waals surface area (Å²) in [6.07, 6.45) is 0. The molecule has 2 N–H and O–H groups in total. The Morgan fingerprint density at radius 1 is 1.06 bits per heavy atom. The molecule has 4 rings (SSSR count). The lowest BCUT2D eigenvalue weighted by Crippen LogP contribution is -2.16. The Bertz CT molecular complexity index is 1240. The SMILES string of the molecule is O=[N+](O)c1cccc(COc2cccc3c2C(S(=O)(=O)c2ccccc2)CS3([O-])O)c1. The van der Waals surface area contributed by atoms with Gasteiger partial charge in [-0.3, -0.25) is 0 Å². The predicted octanol–water partition coefficient (Wildman–Crippen LogP) is 4.36. The van der Waals surface area contributed by atoms with E-state index in [9.17, 15) is 22.4 Å². The molecule has 1 aliphatic rings. The first-order chi connectivity index (χ1) is 14.7. The normalized spacial score (nSPS) is 22.3. The monoisotopic (exact) mass is 461 g/mol. The van der Waals surface area contributed by atoms with Gasteiger partial charge in [0, 0.05) is 28.3 Å². The van der Waals surface area contributed by atoms with E-state index < -0.39 is 31.4 Å². The van der Waals surface area contributed by atoms with Gasteiger partial charge in [0.1, 0.15) is 17.6 Å².